The Bertz CT molecular complexity index is 1090. The lowest BCUT2D eigenvalue weighted by molar-refractivity contribution is -0.143. The average molecular weight is 535 g/mol. The zero-order chi connectivity index (χ0) is 26.3. The van der Waals surface area contributed by atoms with Crippen LogP contribution in [0.5, 0.6) is 0 Å². The second-order valence-electron chi connectivity index (χ2n) is 9.07. The summed E-state index contributed by atoms with van der Waals surface area (Å²) in [5.74, 6) is 0.293. The van der Waals surface area contributed by atoms with E-state index >= 15 is 0 Å². The standard InChI is InChI=1S/C23H24F6N4O2S/c1-32-7-6-17(20(32)34)30-19-18(36-21(35)31-19)10-13-4-8-33(9-5-13)12-14-2-3-15(22(24,25)26)11-16(14)23(27,28)29/h2-3,10-11,13,17H,4-9,12H2,1H3,(H,30,31,35)/t17-/m1/s1. The molecule has 3 aliphatic rings. The molecule has 1 aromatic carbocycles. The second kappa shape index (κ2) is 10.1. The number of alkyl halides is 6. The predicted octanol–water partition coefficient (Wildman–Crippen LogP) is 4.91. The number of allylic oxidation sites excluding steroid dienone is 1. The van der Waals surface area contributed by atoms with E-state index in [2.05, 4.69) is 10.3 Å². The molecular weight excluding hydrogens is 510 g/mol. The van der Waals surface area contributed by atoms with Crippen molar-refractivity contribution < 1.29 is 35.9 Å². The lowest BCUT2D eigenvalue weighted by Gasteiger charge is -2.31. The highest BCUT2D eigenvalue weighted by Crippen LogP contribution is 2.38. The Labute approximate surface area is 207 Å². The number of hydrogen-bond acceptors (Lipinski definition) is 5. The summed E-state index contributed by atoms with van der Waals surface area (Å²) in [7, 11) is 1.69. The van der Waals surface area contributed by atoms with Gasteiger partial charge in [0.2, 0.25) is 5.91 Å². The minimum absolute atomic E-state index is 0.0401. The number of nitrogens with zero attached hydrogens (tertiary/aromatic N) is 3. The lowest BCUT2D eigenvalue weighted by Crippen LogP contribution is -2.33. The summed E-state index contributed by atoms with van der Waals surface area (Å²) < 4.78 is 79.1. The Hall–Kier alpha value is -2.54. The molecule has 2 amide bonds. The topological polar surface area (TPSA) is 65.0 Å². The van der Waals surface area contributed by atoms with Crippen molar-refractivity contribution in [3.63, 3.8) is 0 Å². The highest BCUT2D eigenvalue weighted by atomic mass is 32.2. The van der Waals surface area contributed by atoms with E-state index < -0.39 is 29.5 Å². The zero-order valence-corrected chi connectivity index (χ0v) is 20.1. The summed E-state index contributed by atoms with van der Waals surface area (Å²) in [6.07, 6.45) is -6.10. The number of carbonyl (C=O) groups is 2. The van der Waals surface area contributed by atoms with Gasteiger partial charge < -0.3 is 10.2 Å². The fourth-order valence-corrected chi connectivity index (χ4v) is 5.32. The number of benzene rings is 1. The molecule has 1 aromatic rings. The van der Waals surface area contributed by atoms with Crippen molar-refractivity contribution in [1.82, 2.24) is 15.1 Å². The van der Waals surface area contributed by atoms with Gasteiger partial charge in [-0.1, -0.05) is 12.1 Å². The van der Waals surface area contributed by atoms with Crippen LogP contribution in [-0.4, -0.2) is 59.5 Å². The van der Waals surface area contributed by atoms with Gasteiger partial charge in [0.25, 0.3) is 5.24 Å². The average Bonchev–Trinajstić information content (AvgIpc) is 3.29. The van der Waals surface area contributed by atoms with Gasteiger partial charge in [-0.05, 0) is 67.7 Å². The van der Waals surface area contributed by atoms with Gasteiger partial charge in [-0.3, -0.25) is 19.5 Å². The van der Waals surface area contributed by atoms with E-state index in [9.17, 15) is 35.9 Å². The molecule has 3 heterocycles. The highest BCUT2D eigenvalue weighted by Gasteiger charge is 2.38. The number of rotatable bonds is 4. The van der Waals surface area contributed by atoms with E-state index in [-0.39, 0.29) is 35.2 Å². The molecule has 13 heteroatoms. The first-order chi connectivity index (χ1) is 16.8. The maximum absolute atomic E-state index is 13.5. The molecule has 4 rings (SSSR count). The molecule has 1 N–H and O–H groups in total. The number of likely N-dealkylation sites (N-methyl/N-ethyl adjacent to an activating group) is 1. The Morgan fingerprint density at radius 3 is 2.33 bits per heavy atom. The lowest BCUT2D eigenvalue weighted by atomic mass is 9.95. The Kier molecular flexibility index (Phi) is 7.42. The first kappa shape index (κ1) is 26.5. The number of nitrogens with one attached hydrogen (secondary N) is 1. The summed E-state index contributed by atoms with van der Waals surface area (Å²) in [6.45, 7) is 1.36. The molecule has 0 spiro atoms. The van der Waals surface area contributed by atoms with Crippen LogP contribution in [0.4, 0.5) is 31.1 Å². The van der Waals surface area contributed by atoms with Gasteiger partial charge in [-0.2, -0.15) is 26.3 Å². The molecule has 0 saturated carbocycles. The van der Waals surface area contributed by atoms with Crippen LogP contribution in [0, 0.1) is 5.92 Å². The van der Waals surface area contributed by atoms with Gasteiger partial charge in [0.05, 0.1) is 16.0 Å². The van der Waals surface area contributed by atoms with E-state index in [4.69, 9.17) is 0 Å². The van der Waals surface area contributed by atoms with Crippen LogP contribution in [0.2, 0.25) is 0 Å². The number of piperidine rings is 1. The molecule has 3 saturated heterocycles. The molecule has 6 nitrogen and oxygen atoms in total. The van der Waals surface area contributed by atoms with Gasteiger partial charge in [0, 0.05) is 20.1 Å². The van der Waals surface area contributed by atoms with Gasteiger partial charge in [0.1, 0.15) is 11.9 Å². The summed E-state index contributed by atoms with van der Waals surface area (Å²) >= 11 is 0.989. The van der Waals surface area contributed by atoms with Crippen LogP contribution in [0.1, 0.15) is 36.0 Å². The second-order valence-corrected chi connectivity index (χ2v) is 10.1. The molecule has 0 aliphatic carbocycles. The first-order valence-corrected chi connectivity index (χ1v) is 12.2. The number of likely N-dealkylation sites (tertiary alicyclic amines) is 2. The number of amidine groups is 1. The fraction of sp³-hybridized carbons (Fsp3) is 0.522. The van der Waals surface area contributed by atoms with Gasteiger partial charge in [-0.15, -0.1) is 0 Å². The number of hydrogen-bond donors (Lipinski definition) is 1. The highest BCUT2D eigenvalue weighted by molar-refractivity contribution is 8.18. The molecule has 0 bridgehead atoms. The first-order valence-electron chi connectivity index (χ1n) is 11.3. The van der Waals surface area contributed by atoms with E-state index in [1.54, 1.807) is 16.8 Å². The largest absolute Gasteiger partial charge is 0.416 e. The number of aliphatic imine (C=N–C) groups is 1. The van der Waals surface area contributed by atoms with E-state index in [1.165, 1.54) is 0 Å². The summed E-state index contributed by atoms with van der Waals surface area (Å²) in [5.41, 5.74) is -2.81. The van der Waals surface area contributed by atoms with Crippen molar-refractivity contribution >= 4 is 28.7 Å². The van der Waals surface area contributed by atoms with Crippen molar-refractivity contribution in [2.75, 3.05) is 26.7 Å². The van der Waals surface area contributed by atoms with Gasteiger partial charge in [0.15, 0.2) is 0 Å². The van der Waals surface area contributed by atoms with Gasteiger partial charge in [-0.25, -0.2) is 0 Å². The van der Waals surface area contributed by atoms with Crippen LogP contribution >= 0.6 is 11.8 Å². The zero-order valence-electron chi connectivity index (χ0n) is 19.2. The third-order valence-corrected chi connectivity index (χ3v) is 7.33. The molecule has 3 aliphatic heterocycles. The minimum Gasteiger partial charge on any atom is -0.344 e. The molecule has 196 valence electrons. The maximum Gasteiger partial charge on any atom is 0.416 e. The molecule has 0 radical (unpaired) electrons. The van der Waals surface area contributed by atoms with E-state index in [0.717, 1.165) is 17.8 Å². The van der Waals surface area contributed by atoms with Crippen molar-refractivity contribution in [2.45, 2.75) is 44.2 Å². The summed E-state index contributed by atoms with van der Waals surface area (Å²) in [5, 5.41) is 2.38. The van der Waals surface area contributed by atoms with E-state index in [1.807, 2.05) is 6.08 Å². The minimum atomic E-state index is -4.90. The van der Waals surface area contributed by atoms with Crippen molar-refractivity contribution in [3.8, 4) is 0 Å². The smallest absolute Gasteiger partial charge is 0.344 e. The number of carbonyl (C=O) groups excluding carboxylic acids is 2. The molecular formula is C23H24F6N4O2S. The van der Waals surface area contributed by atoms with E-state index in [0.29, 0.717) is 55.7 Å². The van der Waals surface area contributed by atoms with Crippen LogP contribution in [0.3, 0.4) is 0 Å². The quantitative estimate of drug-likeness (QED) is 0.558. The van der Waals surface area contributed by atoms with Gasteiger partial charge >= 0.3 is 12.4 Å². The Balaban J connectivity index is 1.42. The molecule has 0 unspecified atom stereocenters. The molecule has 1 atom stereocenters. The summed E-state index contributed by atoms with van der Waals surface area (Å²) in [6, 6.07) is 1.20. The number of thioether (sulfide) groups is 1. The predicted molar refractivity (Wildman–Crippen MR) is 122 cm³/mol. The monoisotopic (exact) mass is 534 g/mol. The SMILES string of the molecule is CN1CC[C@@H](N=C2NC(=O)SC2=CC2CCN(Cc3ccc(C(F)(F)F)cc3C(F)(F)F)CC2)C1=O. The number of halogens is 6. The molecule has 3 fully saturated rings. The Morgan fingerprint density at radius 2 is 1.75 bits per heavy atom. The number of amides is 2. The summed E-state index contributed by atoms with van der Waals surface area (Å²) in [4.78, 5) is 32.5. The van der Waals surface area contributed by atoms with Crippen molar-refractivity contribution in [1.29, 1.82) is 0 Å². The maximum atomic E-state index is 13.5. The normalized spacial score (nSPS) is 24.9. The van der Waals surface area contributed by atoms with Crippen molar-refractivity contribution in [2.24, 2.45) is 10.9 Å². The Morgan fingerprint density at radius 1 is 1.06 bits per heavy atom. The molecule has 36 heavy (non-hydrogen) atoms. The van der Waals surface area contributed by atoms with Crippen molar-refractivity contribution in [3.05, 3.63) is 45.9 Å². The molecule has 0 aromatic heterocycles. The third-order valence-electron chi connectivity index (χ3n) is 6.50. The van der Waals surface area contributed by atoms with Crippen LogP contribution in [0.15, 0.2) is 34.2 Å². The van der Waals surface area contributed by atoms with Crippen LogP contribution in [-0.2, 0) is 23.7 Å². The van der Waals surface area contributed by atoms with Crippen LogP contribution in [0.25, 0.3) is 0 Å². The fourth-order valence-electron chi connectivity index (χ4n) is 4.51. The third kappa shape index (κ3) is 6.05. The van der Waals surface area contributed by atoms with Crippen LogP contribution < -0.4 is 5.32 Å².